The molecule has 0 fully saturated rings. The number of esters is 1. The Labute approximate surface area is 155 Å². The molecule has 0 aromatic heterocycles. The van der Waals surface area contributed by atoms with E-state index in [0.717, 1.165) is 29.4 Å². The monoisotopic (exact) mass is 362 g/mol. The Morgan fingerprint density at radius 3 is 2.58 bits per heavy atom. The number of methoxy groups -OCH3 is 1. The van der Waals surface area contributed by atoms with Crippen LogP contribution >= 0.6 is 0 Å². The van der Waals surface area contributed by atoms with Gasteiger partial charge < -0.3 is 9.94 Å². The molecule has 2 aliphatic rings. The molecule has 0 radical (unpaired) electrons. The van der Waals surface area contributed by atoms with Crippen LogP contribution in [-0.2, 0) is 14.3 Å². The summed E-state index contributed by atoms with van der Waals surface area (Å²) in [4.78, 5) is 25.6. The SMILES string of the molecule is COC(=O)C1=CC=C(CN2C(=O)C=[N+]([O-])C2(C)CCCC(C)(C)C)CC1. The van der Waals surface area contributed by atoms with Crippen LogP contribution in [0.25, 0.3) is 0 Å². The molecule has 0 N–H and O–H groups in total. The fourth-order valence-corrected chi connectivity index (χ4v) is 3.43. The summed E-state index contributed by atoms with van der Waals surface area (Å²) < 4.78 is 5.54. The highest BCUT2D eigenvalue weighted by Crippen LogP contribution is 2.32. The van der Waals surface area contributed by atoms with Crippen molar-refractivity contribution in [2.24, 2.45) is 5.41 Å². The maximum Gasteiger partial charge on any atom is 0.333 e. The molecule has 0 spiro atoms. The van der Waals surface area contributed by atoms with Crippen molar-refractivity contribution >= 4 is 18.1 Å². The lowest BCUT2D eigenvalue weighted by Gasteiger charge is -2.34. The van der Waals surface area contributed by atoms with Gasteiger partial charge in [-0.25, -0.2) is 4.79 Å². The second-order valence-electron chi connectivity index (χ2n) is 8.52. The second-order valence-corrected chi connectivity index (χ2v) is 8.52. The number of allylic oxidation sites excluding steroid dienone is 2. The van der Waals surface area contributed by atoms with E-state index in [9.17, 15) is 14.8 Å². The second kappa shape index (κ2) is 7.64. The zero-order valence-corrected chi connectivity index (χ0v) is 16.5. The number of nitrogens with zero attached hydrogens (tertiary/aromatic N) is 2. The number of hydroxylamine groups is 1. The minimum Gasteiger partial charge on any atom is -0.622 e. The fraction of sp³-hybridized carbons (Fsp3) is 0.650. The van der Waals surface area contributed by atoms with Gasteiger partial charge in [-0.05, 0) is 31.1 Å². The molecule has 6 nitrogen and oxygen atoms in total. The van der Waals surface area contributed by atoms with Crippen molar-refractivity contribution in [1.82, 2.24) is 4.90 Å². The van der Waals surface area contributed by atoms with Crippen molar-refractivity contribution in [3.05, 3.63) is 28.5 Å². The molecule has 0 aromatic rings. The largest absolute Gasteiger partial charge is 0.622 e. The van der Waals surface area contributed by atoms with Gasteiger partial charge in [0.2, 0.25) is 11.9 Å². The Bertz CT molecular complexity index is 670. The molecule has 1 aliphatic carbocycles. The van der Waals surface area contributed by atoms with Crippen LogP contribution in [0.15, 0.2) is 23.3 Å². The minimum atomic E-state index is -0.852. The van der Waals surface area contributed by atoms with E-state index in [2.05, 4.69) is 20.8 Å². The average Bonchev–Trinajstić information content (AvgIpc) is 2.77. The van der Waals surface area contributed by atoms with Crippen molar-refractivity contribution in [3.8, 4) is 0 Å². The molecule has 1 heterocycles. The minimum absolute atomic E-state index is 0.197. The summed E-state index contributed by atoms with van der Waals surface area (Å²) in [6, 6.07) is 0. The van der Waals surface area contributed by atoms with Crippen LogP contribution in [-0.4, -0.2) is 47.0 Å². The highest BCUT2D eigenvalue weighted by atomic mass is 16.5. The van der Waals surface area contributed by atoms with Crippen LogP contribution in [0, 0.1) is 10.6 Å². The predicted molar refractivity (Wildman–Crippen MR) is 101 cm³/mol. The fourth-order valence-electron chi connectivity index (χ4n) is 3.43. The summed E-state index contributed by atoms with van der Waals surface area (Å²) in [5, 5.41) is 12.4. The predicted octanol–water partition coefficient (Wildman–Crippen LogP) is 3.16. The summed E-state index contributed by atoms with van der Waals surface area (Å²) in [6.45, 7) is 8.76. The van der Waals surface area contributed by atoms with E-state index >= 15 is 0 Å². The lowest BCUT2D eigenvalue weighted by Crippen LogP contribution is -2.50. The number of amides is 1. The van der Waals surface area contributed by atoms with Crippen molar-refractivity contribution in [3.63, 3.8) is 0 Å². The Morgan fingerprint density at radius 1 is 1.35 bits per heavy atom. The number of hydrogen-bond donors (Lipinski definition) is 0. The van der Waals surface area contributed by atoms with Crippen LogP contribution in [0.3, 0.4) is 0 Å². The van der Waals surface area contributed by atoms with E-state index in [0.29, 0.717) is 31.4 Å². The summed E-state index contributed by atoms with van der Waals surface area (Å²) in [7, 11) is 1.37. The van der Waals surface area contributed by atoms with E-state index in [1.54, 1.807) is 11.0 Å². The third kappa shape index (κ3) is 4.54. The number of rotatable bonds is 6. The van der Waals surface area contributed by atoms with Gasteiger partial charge in [0.15, 0.2) is 0 Å². The molecule has 1 unspecified atom stereocenters. The van der Waals surface area contributed by atoms with E-state index in [4.69, 9.17) is 4.74 Å². The first kappa shape index (κ1) is 20.2. The van der Waals surface area contributed by atoms with Gasteiger partial charge in [-0.2, -0.15) is 4.74 Å². The zero-order valence-electron chi connectivity index (χ0n) is 16.5. The highest BCUT2D eigenvalue weighted by molar-refractivity contribution is 6.25. The summed E-state index contributed by atoms with van der Waals surface area (Å²) >= 11 is 0. The number of hydrogen-bond acceptors (Lipinski definition) is 4. The molecule has 26 heavy (non-hydrogen) atoms. The van der Waals surface area contributed by atoms with E-state index in [-0.39, 0.29) is 17.3 Å². The number of carbonyl (C=O) groups excluding carboxylic acids is 2. The van der Waals surface area contributed by atoms with Crippen molar-refractivity contribution < 1.29 is 19.1 Å². The molecule has 0 aromatic carbocycles. The van der Waals surface area contributed by atoms with Gasteiger partial charge in [0, 0.05) is 25.5 Å². The first-order chi connectivity index (χ1) is 12.1. The number of carbonyl (C=O) groups is 2. The van der Waals surface area contributed by atoms with Gasteiger partial charge in [0.1, 0.15) is 0 Å². The maximum atomic E-state index is 12.4. The van der Waals surface area contributed by atoms with Crippen LogP contribution in [0.4, 0.5) is 0 Å². The topological polar surface area (TPSA) is 72.7 Å². The third-order valence-electron chi connectivity index (χ3n) is 5.17. The highest BCUT2D eigenvalue weighted by Gasteiger charge is 2.48. The lowest BCUT2D eigenvalue weighted by atomic mass is 9.88. The maximum absolute atomic E-state index is 12.4. The summed E-state index contributed by atoms with van der Waals surface area (Å²) in [5.41, 5.74) is 1.02. The van der Waals surface area contributed by atoms with Crippen molar-refractivity contribution in [2.45, 2.75) is 65.5 Å². The molecule has 0 bridgehead atoms. The third-order valence-corrected chi connectivity index (χ3v) is 5.17. The molecule has 144 valence electrons. The van der Waals surface area contributed by atoms with Crippen LogP contribution in [0.2, 0.25) is 0 Å². The molecule has 0 saturated heterocycles. The quantitative estimate of drug-likeness (QED) is 0.413. The molecule has 1 atom stereocenters. The van der Waals surface area contributed by atoms with Crippen LogP contribution < -0.4 is 0 Å². The van der Waals surface area contributed by atoms with Gasteiger partial charge >= 0.3 is 11.9 Å². The number of ether oxygens (including phenoxy) is 1. The summed E-state index contributed by atoms with van der Waals surface area (Å²) in [6.07, 6.45) is 8.54. The lowest BCUT2D eigenvalue weighted by molar-refractivity contribution is -0.560. The Kier molecular flexibility index (Phi) is 5.94. The van der Waals surface area contributed by atoms with Crippen LogP contribution in [0.5, 0.6) is 0 Å². The Morgan fingerprint density at radius 2 is 2.04 bits per heavy atom. The van der Waals surface area contributed by atoms with E-state index < -0.39 is 5.66 Å². The van der Waals surface area contributed by atoms with E-state index in [1.165, 1.54) is 7.11 Å². The van der Waals surface area contributed by atoms with Gasteiger partial charge in [0.05, 0.1) is 7.11 Å². The van der Waals surface area contributed by atoms with Gasteiger partial charge in [-0.15, -0.1) is 0 Å². The van der Waals surface area contributed by atoms with Gasteiger partial charge in [0.25, 0.3) is 0 Å². The van der Waals surface area contributed by atoms with Crippen molar-refractivity contribution in [1.29, 1.82) is 0 Å². The molecule has 0 saturated carbocycles. The molecule has 6 heteroatoms. The standard InChI is InChI=1S/C20H30N2O4/c1-19(2,3)11-6-12-20(4)21(17(23)14-22(20)25)13-15-7-9-16(10-8-15)18(24)26-5/h7,9,14H,6,8,10-13H2,1-5H3. The van der Waals surface area contributed by atoms with E-state index in [1.807, 2.05) is 13.0 Å². The average molecular weight is 362 g/mol. The van der Waals surface area contributed by atoms with Gasteiger partial charge in [-0.1, -0.05) is 38.5 Å². The van der Waals surface area contributed by atoms with Crippen LogP contribution in [0.1, 0.15) is 59.8 Å². The Balaban J connectivity index is 2.09. The zero-order chi connectivity index (χ0) is 19.5. The first-order valence-corrected chi connectivity index (χ1v) is 9.17. The molecular formula is C20H30N2O4. The van der Waals surface area contributed by atoms with Crippen molar-refractivity contribution in [2.75, 3.05) is 13.7 Å². The normalized spacial score (nSPS) is 23.5. The Hall–Kier alpha value is -2.11. The molecule has 2 rings (SSSR count). The smallest absolute Gasteiger partial charge is 0.333 e. The first-order valence-electron chi connectivity index (χ1n) is 9.17. The molecule has 1 aliphatic heterocycles. The molecular weight excluding hydrogens is 332 g/mol. The van der Waals surface area contributed by atoms with Gasteiger partial charge in [-0.3, -0.25) is 9.69 Å². The molecule has 1 amide bonds. The summed E-state index contributed by atoms with van der Waals surface area (Å²) in [5.74, 6) is -0.564.